The van der Waals surface area contributed by atoms with Gasteiger partial charge in [0.05, 0.1) is 59.1 Å². The lowest BCUT2D eigenvalue weighted by atomic mass is 9.82. The largest absolute Gasteiger partial charge is 0.396 e. The number of ketones is 4. The minimum absolute atomic E-state index is 0.0202. The first-order valence-corrected chi connectivity index (χ1v) is 46.6. The van der Waals surface area contributed by atoms with E-state index in [0.29, 0.717) is 104 Å². The van der Waals surface area contributed by atoms with E-state index in [4.69, 9.17) is 34.9 Å². The highest BCUT2D eigenvalue weighted by atomic mass is 35.5. The van der Waals surface area contributed by atoms with Crippen molar-refractivity contribution in [3.8, 4) is 18.4 Å². The van der Waals surface area contributed by atoms with Gasteiger partial charge in [-0.2, -0.15) is 5.26 Å². The molecule has 23 heteroatoms. The zero-order chi connectivity index (χ0) is 90.4. The molecule has 0 spiro atoms. The molecule has 20 atom stereocenters. The normalized spacial score (nSPS) is 25.4. The number of hydrogen-bond donors (Lipinski definition) is 4. The number of pyridine rings is 8. The molecule has 8 fully saturated rings. The van der Waals surface area contributed by atoms with Crippen LogP contribution in [0.25, 0.3) is 43.6 Å². The lowest BCUT2D eigenvalue weighted by molar-refractivity contribution is -0.126. The summed E-state index contributed by atoms with van der Waals surface area (Å²) < 4.78 is 55.5. The zero-order valence-corrected chi connectivity index (χ0v) is 73.8. The van der Waals surface area contributed by atoms with Gasteiger partial charge in [0.1, 0.15) is 63.3 Å². The molecule has 8 heterocycles. The molecule has 130 heavy (non-hydrogen) atoms. The Hall–Kier alpha value is -11.0. The highest BCUT2D eigenvalue weighted by molar-refractivity contribution is 6.30. The van der Waals surface area contributed by atoms with Crippen LogP contribution in [0, 0.1) is 142 Å². The van der Waals surface area contributed by atoms with Gasteiger partial charge < -0.3 is 20.4 Å². The van der Waals surface area contributed by atoms with E-state index in [0.717, 1.165) is 157 Å². The Balaban J connectivity index is 0.000000121. The lowest BCUT2D eigenvalue weighted by Gasteiger charge is -2.22. The van der Waals surface area contributed by atoms with Crippen molar-refractivity contribution in [3.05, 3.63) is 285 Å². The van der Waals surface area contributed by atoms with Crippen LogP contribution < -0.4 is 0 Å². The maximum absolute atomic E-state index is 13.9. The molecular formula is C107H105Cl2F4N9O8. The van der Waals surface area contributed by atoms with E-state index in [-0.39, 0.29) is 146 Å². The second kappa shape index (κ2) is 40.8. The first kappa shape index (κ1) is 90.9. The molecule has 8 aromatic heterocycles. The van der Waals surface area contributed by atoms with Crippen molar-refractivity contribution in [2.24, 2.45) is 94.7 Å². The number of carbonyl (C=O) groups is 4. The van der Waals surface area contributed by atoms with Gasteiger partial charge in [0, 0.05) is 132 Å². The molecule has 668 valence electrons. The quantitative estimate of drug-likeness (QED) is 0.0249. The molecule has 4 aromatic carbocycles. The second-order valence-corrected chi connectivity index (χ2v) is 38.8. The molecule has 0 bridgehead atoms. The fourth-order valence-electron chi connectivity index (χ4n) is 24.5. The van der Waals surface area contributed by atoms with E-state index in [1.165, 1.54) is 52.7 Å². The van der Waals surface area contributed by atoms with Gasteiger partial charge in [0.2, 0.25) is 0 Å². The summed E-state index contributed by atoms with van der Waals surface area (Å²) in [7, 11) is 0. The lowest BCUT2D eigenvalue weighted by Crippen LogP contribution is -2.28. The molecular weight excluding hydrogens is 1690 g/mol. The van der Waals surface area contributed by atoms with Gasteiger partial charge in [-0.25, -0.2) is 27.5 Å². The number of hydrogen-bond acceptors (Lipinski definition) is 17. The van der Waals surface area contributed by atoms with Crippen LogP contribution in [0.15, 0.2) is 195 Å². The summed E-state index contributed by atoms with van der Waals surface area (Å²) in [6.45, 7) is -0.483. The molecule has 8 saturated carbocycles. The molecule has 4 N–H and O–H groups in total. The van der Waals surface area contributed by atoms with Crippen LogP contribution in [0.3, 0.4) is 0 Å². The SMILES string of the molecule is C#Cc1ccc(CC(=O)C(CO)C2C[C@H]3CC(c4ccnc5ccc(F)cc45)C[C@H]3C2)cn1.N#Cc1ccc(CC(=O)C(CO)C2C[C@H]3CC(c4ccnc5ccc(F)cc45)C[C@H]3C2)nc1.O=C(Cc1ccc(Cl)cn1)C(CO)C1C[C@H]2CC(c3ccnc4ccc(F)cc34)C[C@H]2C1.O=C(Cc1ccc(Cl)nc1)C(CO)C1C[C@H]2CC(c3ccnc4ccc(F)cc34)C[C@H]2C1. The minimum atomic E-state index is -0.373. The number of aromatic nitrogens is 8. The molecule has 8 aliphatic carbocycles. The number of terminal acetylenes is 1. The van der Waals surface area contributed by atoms with Gasteiger partial charge in [0.15, 0.2) is 0 Å². The van der Waals surface area contributed by atoms with Crippen LogP contribution in [0.5, 0.6) is 0 Å². The first-order chi connectivity index (χ1) is 63.1. The Labute approximate surface area is 763 Å². The smallest absolute Gasteiger partial charge is 0.144 e. The Morgan fingerprint density at radius 3 is 0.923 bits per heavy atom. The predicted molar refractivity (Wildman–Crippen MR) is 490 cm³/mol. The average molecular weight is 1790 g/mol. The number of carbonyl (C=O) groups excluding carboxylic acids is 4. The number of aliphatic hydroxyl groups is 4. The van der Waals surface area contributed by atoms with E-state index < -0.39 is 0 Å². The van der Waals surface area contributed by atoms with E-state index in [1.54, 1.807) is 104 Å². The number of halogens is 6. The monoisotopic (exact) mass is 1790 g/mol. The number of aliphatic hydroxyl groups excluding tert-OH is 4. The van der Waals surface area contributed by atoms with Crippen LogP contribution in [-0.2, 0) is 44.9 Å². The Kier molecular flexibility index (Phi) is 28.5. The number of nitrogens with zero attached hydrogens (tertiary/aromatic N) is 9. The van der Waals surface area contributed by atoms with Crippen LogP contribution in [-0.4, -0.2) is 110 Å². The fourth-order valence-corrected chi connectivity index (χ4v) is 24.8. The fraction of sp³-hybridized carbons (Fsp3) is 0.411. The summed E-state index contributed by atoms with van der Waals surface area (Å²) in [4.78, 5) is 86.0. The van der Waals surface area contributed by atoms with Gasteiger partial charge in [-0.05, 0) is 364 Å². The highest BCUT2D eigenvalue weighted by Gasteiger charge is 2.50. The van der Waals surface area contributed by atoms with Crippen molar-refractivity contribution >= 4 is 89.9 Å². The number of benzene rings is 4. The first-order valence-electron chi connectivity index (χ1n) is 45.8. The van der Waals surface area contributed by atoms with Crippen LogP contribution in [0.4, 0.5) is 17.6 Å². The van der Waals surface area contributed by atoms with E-state index >= 15 is 0 Å². The molecule has 17 nitrogen and oxygen atoms in total. The van der Waals surface area contributed by atoms with Crippen LogP contribution in [0.1, 0.15) is 182 Å². The summed E-state index contributed by atoms with van der Waals surface area (Å²) >= 11 is 11.7. The van der Waals surface area contributed by atoms with Crippen LogP contribution in [0.2, 0.25) is 10.2 Å². The molecule has 8 aliphatic rings. The van der Waals surface area contributed by atoms with Gasteiger partial charge in [-0.3, -0.25) is 49.1 Å². The molecule has 20 rings (SSSR count). The summed E-state index contributed by atoms with van der Waals surface area (Å²) in [6, 6.07) is 43.3. The highest BCUT2D eigenvalue weighted by Crippen LogP contribution is 2.59. The predicted octanol–water partition coefficient (Wildman–Crippen LogP) is 20.0. The van der Waals surface area contributed by atoms with E-state index in [1.807, 2.05) is 67.3 Å². The summed E-state index contributed by atoms with van der Waals surface area (Å²) in [5, 5.41) is 53.6. The summed E-state index contributed by atoms with van der Waals surface area (Å²) in [5.74, 6) is 7.03. The summed E-state index contributed by atoms with van der Waals surface area (Å²) in [5.41, 5.74) is 12.0. The van der Waals surface area contributed by atoms with Crippen LogP contribution >= 0.6 is 23.2 Å². The minimum Gasteiger partial charge on any atom is -0.396 e. The maximum Gasteiger partial charge on any atom is 0.144 e. The molecule has 0 radical (unpaired) electrons. The van der Waals surface area contributed by atoms with Gasteiger partial charge >= 0.3 is 0 Å². The topological polar surface area (TPSA) is 276 Å². The molecule has 12 aromatic rings. The van der Waals surface area contributed by atoms with Crippen molar-refractivity contribution in [2.75, 3.05) is 26.4 Å². The Morgan fingerprint density at radius 2 is 0.662 bits per heavy atom. The van der Waals surface area contributed by atoms with E-state index in [2.05, 4.69) is 45.8 Å². The number of nitriles is 1. The van der Waals surface area contributed by atoms with E-state index in [9.17, 15) is 57.2 Å². The molecule has 0 saturated heterocycles. The number of rotatable bonds is 24. The zero-order valence-electron chi connectivity index (χ0n) is 72.3. The van der Waals surface area contributed by atoms with Gasteiger partial charge in [0.25, 0.3) is 0 Å². The standard InChI is InChI=1S/C28H27FN2O2.C27H26FN3O2.2C26H26ClFN2O2/c1-2-23-5-3-17(15-31-23)9-28(33)26(16-32)21-12-18-10-20(11-19(18)13-21)24-7-8-30-27-6-4-22(29)14-25(24)27;28-21-2-4-26-24(11-21)23(5-6-30-26)19-7-17-9-20(10-18(17)8-19)25(15-32)27(33)12-22-3-1-16(13-29)14-31-22;27-26-4-1-15(13-30-26)7-25(32)23(14-31)19-10-16-8-18(9-17(16)11-19)21-5-6-29-24-3-2-20(28)12-22(21)24;27-19-1-3-21(30-13-19)12-26(32)24(14-31)18-9-15-7-17(8-16(15)10-18)22-5-6-29-25-4-2-20(28)11-23(22)25/h1,3-8,14-15,18-21,26,32H,9-13,16H2;1-6,11,14,17-20,25,32H,7-10,12,15H2;1-6,12-13,16-19,23,31H,7-11,14H2;1-6,11,13,15-18,24,31H,7-10,12,14H2/t18-,19+,20?,21?,26?;17-,18+,19?,20?,25?;16-,17+,18?,19?,23?;15-,16+,17?,18?,24?. The molecule has 0 aliphatic heterocycles. The second-order valence-electron chi connectivity index (χ2n) is 38.0. The van der Waals surface area contributed by atoms with Gasteiger partial charge in [-0.1, -0.05) is 41.3 Å². The molecule has 0 amide bonds. The molecule has 12 unspecified atom stereocenters. The third kappa shape index (κ3) is 20.5. The van der Waals surface area contributed by atoms with Crippen molar-refractivity contribution in [1.29, 1.82) is 5.26 Å². The third-order valence-electron chi connectivity index (χ3n) is 30.6. The van der Waals surface area contributed by atoms with Crippen molar-refractivity contribution < 1.29 is 57.2 Å². The number of Topliss-reactive ketones (excluding diaryl/α,β-unsaturated/α-hetero) is 4. The maximum atomic E-state index is 13.9. The number of fused-ring (bicyclic) bond motifs is 8. The Bertz CT molecular complexity index is 5780. The van der Waals surface area contributed by atoms with Crippen molar-refractivity contribution in [2.45, 2.75) is 152 Å². The van der Waals surface area contributed by atoms with Crippen molar-refractivity contribution in [3.63, 3.8) is 0 Å². The average Bonchev–Trinajstić information content (AvgIpc) is 1.62. The third-order valence-corrected chi connectivity index (χ3v) is 31.1. The van der Waals surface area contributed by atoms with Crippen molar-refractivity contribution in [1.82, 2.24) is 39.9 Å². The van der Waals surface area contributed by atoms with Gasteiger partial charge in [-0.15, -0.1) is 6.42 Å². The Morgan fingerprint density at radius 1 is 0.354 bits per heavy atom. The summed E-state index contributed by atoms with van der Waals surface area (Å²) in [6.07, 6.45) is 35.9.